The maximum atomic E-state index is 12.1. The van der Waals surface area contributed by atoms with Crippen molar-refractivity contribution in [3.05, 3.63) is 15.6 Å². The standard InChI is InChI=1S/C12H21N2O3PS/c1-9(2)12-13-10-5-6-14(7-11(10)19-12)8-18(15,16-3)17-4/h9H,5-8H2,1-4H3. The van der Waals surface area contributed by atoms with Crippen LogP contribution in [0.15, 0.2) is 0 Å². The van der Waals surface area contributed by atoms with Gasteiger partial charge in [-0.25, -0.2) is 4.98 Å². The summed E-state index contributed by atoms with van der Waals surface area (Å²) in [6.07, 6.45) is 1.25. The molecule has 0 unspecified atom stereocenters. The van der Waals surface area contributed by atoms with Crippen molar-refractivity contribution in [2.75, 3.05) is 27.1 Å². The van der Waals surface area contributed by atoms with Crippen LogP contribution in [0.2, 0.25) is 0 Å². The van der Waals surface area contributed by atoms with Crippen molar-refractivity contribution in [2.24, 2.45) is 0 Å². The summed E-state index contributed by atoms with van der Waals surface area (Å²) in [4.78, 5) is 8.09. The van der Waals surface area contributed by atoms with Gasteiger partial charge in [0.05, 0.1) is 10.7 Å². The van der Waals surface area contributed by atoms with Gasteiger partial charge >= 0.3 is 7.60 Å². The predicted molar refractivity (Wildman–Crippen MR) is 76.8 cm³/mol. The minimum absolute atomic E-state index is 0.342. The number of fused-ring (bicyclic) bond motifs is 1. The second-order valence-corrected chi connectivity index (χ2v) is 8.35. The molecule has 1 aromatic rings. The lowest BCUT2D eigenvalue weighted by Crippen LogP contribution is -2.31. The van der Waals surface area contributed by atoms with Crippen molar-refractivity contribution in [1.29, 1.82) is 0 Å². The fourth-order valence-electron chi connectivity index (χ4n) is 2.07. The van der Waals surface area contributed by atoms with Crippen LogP contribution in [-0.4, -0.2) is 36.9 Å². The number of rotatable bonds is 5. The molecule has 19 heavy (non-hydrogen) atoms. The zero-order chi connectivity index (χ0) is 14.0. The first-order valence-corrected chi connectivity index (χ1v) is 8.93. The zero-order valence-electron chi connectivity index (χ0n) is 11.9. The molecule has 0 saturated heterocycles. The van der Waals surface area contributed by atoms with E-state index in [2.05, 4.69) is 23.7 Å². The largest absolute Gasteiger partial charge is 0.344 e. The topological polar surface area (TPSA) is 51.7 Å². The summed E-state index contributed by atoms with van der Waals surface area (Å²) in [5.41, 5.74) is 1.20. The first-order chi connectivity index (χ1) is 8.97. The van der Waals surface area contributed by atoms with E-state index in [-0.39, 0.29) is 0 Å². The minimum Gasteiger partial charge on any atom is -0.311 e. The Hall–Kier alpha value is -0.260. The third-order valence-corrected chi connectivity index (χ3v) is 6.49. The van der Waals surface area contributed by atoms with E-state index in [1.54, 1.807) is 11.3 Å². The van der Waals surface area contributed by atoms with Gasteiger partial charge in [-0.15, -0.1) is 11.3 Å². The van der Waals surface area contributed by atoms with Gasteiger partial charge in [0.1, 0.15) is 6.29 Å². The van der Waals surface area contributed by atoms with E-state index in [4.69, 9.17) is 9.05 Å². The quantitative estimate of drug-likeness (QED) is 0.783. The van der Waals surface area contributed by atoms with Gasteiger partial charge < -0.3 is 9.05 Å². The summed E-state index contributed by atoms with van der Waals surface area (Å²) < 4.78 is 22.1. The molecule has 0 N–H and O–H groups in total. The van der Waals surface area contributed by atoms with Crippen LogP contribution in [0.4, 0.5) is 0 Å². The molecular formula is C12H21N2O3PS. The molecule has 0 amide bonds. The average Bonchev–Trinajstić information content (AvgIpc) is 2.82. The lowest BCUT2D eigenvalue weighted by atomic mass is 10.2. The van der Waals surface area contributed by atoms with Crippen LogP contribution in [0, 0.1) is 0 Å². The van der Waals surface area contributed by atoms with E-state index in [1.165, 1.54) is 29.8 Å². The van der Waals surface area contributed by atoms with E-state index in [0.717, 1.165) is 19.5 Å². The van der Waals surface area contributed by atoms with Crippen LogP contribution in [0.5, 0.6) is 0 Å². The third kappa shape index (κ3) is 3.44. The highest BCUT2D eigenvalue weighted by Crippen LogP contribution is 2.47. The van der Waals surface area contributed by atoms with Gasteiger partial charge in [-0.1, -0.05) is 13.8 Å². The van der Waals surface area contributed by atoms with Crippen LogP contribution >= 0.6 is 18.9 Å². The molecule has 1 aromatic heterocycles. The monoisotopic (exact) mass is 304 g/mol. The Morgan fingerprint density at radius 3 is 2.68 bits per heavy atom. The number of thiazole rings is 1. The van der Waals surface area contributed by atoms with Gasteiger partial charge in [-0.05, 0) is 0 Å². The molecule has 5 nitrogen and oxygen atoms in total. The Morgan fingerprint density at radius 2 is 2.11 bits per heavy atom. The van der Waals surface area contributed by atoms with Crippen LogP contribution in [-0.2, 0) is 26.6 Å². The Balaban J connectivity index is 2.07. The summed E-state index contributed by atoms with van der Waals surface area (Å²) in [5, 5.41) is 1.19. The van der Waals surface area contributed by atoms with Crippen LogP contribution < -0.4 is 0 Å². The molecule has 2 rings (SSSR count). The van der Waals surface area contributed by atoms with Gasteiger partial charge in [0.2, 0.25) is 0 Å². The molecule has 0 bridgehead atoms. The smallest absolute Gasteiger partial charge is 0.311 e. The molecule has 0 aromatic carbocycles. The number of hydrogen-bond acceptors (Lipinski definition) is 6. The van der Waals surface area contributed by atoms with Gasteiger partial charge in [0.25, 0.3) is 0 Å². The molecule has 2 heterocycles. The lowest BCUT2D eigenvalue weighted by Gasteiger charge is -2.28. The summed E-state index contributed by atoms with van der Waals surface area (Å²) in [6.45, 7) is 5.96. The first-order valence-electron chi connectivity index (χ1n) is 6.39. The summed E-state index contributed by atoms with van der Waals surface area (Å²) in [6, 6.07) is 0. The molecule has 0 radical (unpaired) electrons. The van der Waals surface area contributed by atoms with Gasteiger partial charge in [-0.2, -0.15) is 0 Å². The lowest BCUT2D eigenvalue weighted by molar-refractivity contribution is 0.226. The molecule has 0 fully saturated rings. The molecule has 7 heteroatoms. The molecule has 0 atom stereocenters. The minimum atomic E-state index is -2.96. The van der Waals surface area contributed by atoms with Crippen LogP contribution in [0.3, 0.4) is 0 Å². The SMILES string of the molecule is COP(=O)(CN1CCc2nc(C(C)C)sc2C1)OC. The summed E-state index contributed by atoms with van der Waals surface area (Å²) in [5.74, 6) is 0.466. The van der Waals surface area contributed by atoms with Crippen molar-refractivity contribution in [2.45, 2.75) is 32.7 Å². The average molecular weight is 304 g/mol. The van der Waals surface area contributed by atoms with Gasteiger partial charge in [0, 0.05) is 44.5 Å². The molecule has 1 aliphatic heterocycles. The third-order valence-electron chi connectivity index (χ3n) is 3.25. The highest BCUT2D eigenvalue weighted by molar-refractivity contribution is 7.53. The van der Waals surface area contributed by atoms with Crippen molar-refractivity contribution < 1.29 is 13.6 Å². The van der Waals surface area contributed by atoms with Gasteiger partial charge in [0.15, 0.2) is 0 Å². The van der Waals surface area contributed by atoms with E-state index in [0.29, 0.717) is 12.2 Å². The van der Waals surface area contributed by atoms with Gasteiger partial charge in [-0.3, -0.25) is 9.46 Å². The van der Waals surface area contributed by atoms with E-state index in [9.17, 15) is 4.57 Å². The Labute approximate surface area is 118 Å². The Kier molecular flexibility index (Phi) is 4.79. The van der Waals surface area contributed by atoms with E-state index >= 15 is 0 Å². The molecule has 108 valence electrons. The number of aromatic nitrogens is 1. The molecule has 0 spiro atoms. The molecule has 0 aliphatic carbocycles. The molecular weight excluding hydrogens is 283 g/mol. The van der Waals surface area contributed by atoms with E-state index in [1.807, 2.05) is 0 Å². The second-order valence-electron chi connectivity index (χ2n) is 5.00. The van der Waals surface area contributed by atoms with Crippen molar-refractivity contribution in [3.63, 3.8) is 0 Å². The predicted octanol–water partition coefficient (Wildman–Crippen LogP) is 3.07. The Morgan fingerprint density at radius 1 is 1.42 bits per heavy atom. The van der Waals surface area contributed by atoms with Crippen LogP contribution in [0.25, 0.3) is 0 Å². The normalized spacial score (nSPS) is 16.9. The zero-order valence-corrected chi connectivity index (χ0v) is 13.6. The first kappa shape index (κ1) is 15.1. The van der Waals surface area contributed by atoms with Crippen LogP contribution in [0.1, 0.15) is 35.3 Å². The fraction of sp³-hybridized carbons (Fsp3) is 0.750. The maximum absolute atomic E-state index is 12.1. The number of nitrogens with zero attached hydrogens (tertiary/aromatic N) is 2. The van der Waals surface area contributed by atoms with Crippen molar-refractivity contribution in [1.82, 2.24) is 9.88 Å². The molecule has 0 saturated carbocycles. The van der Waals surface area contributed by atoms with Crippen molar-refractivity contribution in [3.8, 4) is 0 Å². The highest BCUT2D eigenvalue weighted by Gasteiger charge is 2.29. The van der Waals surface area contributed by atoms with Crippen molar-refractivity contribution >= 4 is 18.9 Å². The fourth-order valence-corrected chi connectivity index (χ4v) is 4.34. The Bertz CT molecular complexity index is 481. The van der Waals surface area contributed by atoms with E-state index < -0.39 is 7.60 Å². The summed E-state index contributed by atoms with van der Waals surface area (Å²) in [7, 11) is -0.0961. The molecule has 1 aliphatic rings. The second kappa shape index (κ2) is 6.02. The summed E-state index contributed by atoms with van der Waals surface area (Å²) >= 11 is 1.76. The highest BCUT2D eigenvalue weighted by atomic mass is 32.1. The maximum Gasteiger partial charge on any atom is 0.344 e. The number of hydrogen-bond donors (Lipinski definition) is 0.